The molecule has 3 aromatic carbocycles. The van der Waals surface area contributed by atoms with Crippen molar-refractivity contribution < 1.29 is 23.9 Å². The third-order valence-corrected chi connectivity index (χ3v) is 7.81. The summed E-state index contributed by atoms with van der Waals surface area (Å²) in [5, 5.41) is 10.3. The van der Waals surface area contributed by atoms with Gasteiger partial charge >= 0.3 is 5.97 Å². The van der Waals surface area contributed by atoms with Crippen molar-refractivity contribution in [2.45, 2.75) is 24.7 Å². The van der Waals surface area contributed by atoms with Crippen LogP contribution < -0.4 is 16.0 Å². The maximum Gasteiger partial charge on any atom is 0.338 e. The molecule has 0 unspecified atom stereocenters. The van der Waals surface area contributed by atoms with Crippen LogP contribution in [0.15, 0.2) is 107 Å². The predicted molar refractivity (Wildman–Crippen MR) is 172 cm³/mol. The van der Waals surface area contributed by atoms with Crippen LogP contribution in [0.3, 0.4) is 0 Å². The molecule has 0 radical (unpaired) electrons. The number of ether oxygens (including phenoxy) is 1. The first-order chi connectivity index (χ1) is 20.9. The second-order valence-corrected chi connectivity index (χ2v) is 11.3. The molecule has 0 saturated heterocycles. The molecule has 43 heavy (non-hydrogen) atoms. The van der Waals surface area contributed by atoms with Gasteiger partial charge in [0.15, 0.2) is 0 Å². The Hall–Kier alpha value is -4.67. The van der Waals surface area contributed by atoms with Crippen molar-refractivity contribution in [1.29, 1.82) is 0 Å². The third-order valence-electron chi connectivity index (χ3n) is 5.98. The molecule has 0 fully saturated rings. The maximum atomic E-state index is 13.1. The van der Waals surface area contributed by atoms with Gasteiger partial charge in [-0.3, -0.25) is 14.4 Å². The van der Waals surface area contributed by atoms with Crippen LogP contribution in [-0.2, 0) is 14.3 Å². The summed E-state index contributed by atoms with van der Waals surface area (Å²) in [6, 6.07) is 26.1. The minimum Gasteiger partial charge on any atom is -0.462 e. The zero-order valence-electron chi connectivity index (χ0n) is 23.5. The van der Waals surface area contributed by atoms with E-state index in [0.29, 0.717) is 29.1 Å². The minimum absolute atomic E-state index is 0.118. The Balaban J connectivity index is 1.29. The molecule has 4 rings (SSSR count). The van der Waals surface area contributed by atoms with Gasteiger partial charge in [0.2, 0.25) is 5.91 Å². The molecule has 1 heterocycles. The lowest BCUT2D eigenvalue weighted by molar-refractivity contribution is -0.114. The van der Waals surface area contributed by atoms with Crippen molar-refractivity contribution in [2.75, 3.05) is 23.0 Å². The highest BCUT2D eigenvalue weighted by molar-refractivity contribution is 8.00. The van der Waals surface area contributed by atoms with Crippen LogP contribution in [0.5, 0.6) is 0 Å². The quantitative estimate of drug-likeness (QED) is 0.0658. The van der Waals surface area contributed by atoms with Gasteiger partial charge in [-0.05, 0) is 84.6 Å². The predicted octanol–water partition coefficient (Wildman–Crippen LogP) is 6.85. The summed E-state index contributed by atoms with van der Waals surface area (Å²) in [5.41, 5.74) is 2.12. The second kappa shape index (κ2) is 16.1. The number of thiophene rings is 1. The maximum absolute atomic E-state index is 13.1. The van der Waals surface area contributed by atoms with Gasteiger partial charge in [-0.15, -0.1) is 23.1 Å². The molecule has 0 bridgehead atoms. The minimum atomic E-state index is -0.460. The van der Waals surface area contributed by atoms with Crippen LogP contribution in [0, 0.1) is 0 Å². The standard InChI is InChI=1S/C33H31N3O5S2/c1-2-3-19-41-33(40)24-11-13-25(14-12-24)34-30(37)22-43-27-17-15-26(16-18-27)35-32(39)29(21-28-10-7-20-42-28)36-31(38)23-8-5-4-6-9-23/h4-18,20-21H,2-3,19,22H2,1H3,(H,34,37)(H,35,39)(H,36,38)/b29-21-. The van der Waals surface area contributed by atoms with Crippen molar-refractivity contribution in [2.24, 2.45) is 0 Å². The highest BCUT2D eigenvalue weighted by Crippen LogP contribution is 2.22. The van der Waals surface area contributed by atoms with Gasteiger partial charge in [0.05, 0.1) is 17.9 Å². The van der Waals surface area contributed by atoms with E-state index in [2.05, 4.69) is 16.0 Å². The number of anilines is 2. The fourth-order valence-corrected chi connectivity index (χ4v) is 5.07. The van der Waals surface area contributed by atoms with Gasteiger partial charge in [-0.25, -0.2) is 4.79 Å². The molecule has 0 aliphatic rings. The van der Waals surface area contributed by atoms with Crippen LogP contribution in [0.25, 0.3) is 6.08 Å². The number of thioether (sulfide) groups is 1. The van der Waals surface area contributed by atoms with Gasteiger partial charge in [-0.1, -0.05) is 37.6 Å². The van der Waals surface area contributed by atoms with Gasteiger partial charge in [0.25, 0.3) is 11.8 Å². The first-order valence-electron chi connectivity index (χ1n) is 13.6. The van der Waals surface area contributed by atoms with E-state index >= 15 is 0 Å². The Morgan fingerprint density at radius 2 is 1.51 bits per heavy atom. The third kappa shape index (κ3) is 9.98. The van der Waals surface area contributed by atoms with E-state index in [1.54, 1.807) is 78.9 Å². The molecule has 8 nitrogen and oxygen atoms in total. The molecule has 0 saturated carbocycles. The van der Waals surface area contributed by atoms with E-state index in [1.165, 1.54) is 23.1 Å². The molecule has 0 aliphatic carbocycles. The SMILES string of the molecule is CCCCOC(=O)c1ccc(NC(=O)CSc2ccc(NC(=O)/C(=C/c3cccs3)NC(=O)c3ccccc3)cc2)cc1. The topological polar surface area (TPSA) is 114 Å². The highest BCUT2D eigenvalue weighted by Gasteiger charge is 2.15. The van der Waals surface area contributed by atoms with Gasteiger partial charge in [0, 0.05) is 26.7 Å². The second-order valence-electron chi connectivity index (χ2n) is 9.28. The summed E-state index contributed by atoms with van der Waals surface area (Å²) >= 11 is 2.79. The zero-order chi connectivity index (χ0) is 30.4. The lowest BCUT2D eigenvalue weighted by Crippen LogP contribution is -2.30. The van der Waals surface area contributed by atoms with Crippen LogP contribution in [0.4, 0.5) is 11.4 Å². The number of carbonyl (C=O) groups is 4. The molecular weight excluding hydrogens is 583 g/mol. The first-order valence-corrected chi connectivity index (χ1v) is 15.5. The number of hydrogen-bond acceptors (Lipinski definition) is 7. The van der Waals surface area contributed by atoms with E-state index in [9.17, 15) is 19.2 Å². The van der Waals surface area contributed by atoms with Crippen molar-refractivity contribution in [3.8, 4) is 0 Å². The summed E-state index contributed by atoms with van der Waals surface area (Å²) in [4.78, 5) is 52.0. The summed E-state index contributed by atoms with van der Waals surface area (Å²) in [7, 11) is 0. The van der Waals surface area contributed by atoms with Crippen LogP contribution in [0.1, 0.15) is 45.4 Å². The number of nitrogens with one attached hydrogen (secondary N) is 3. The summed E-state index contributed by atoms with van der Waals surface area (Å²) in [5.74, 6) is -1.25. The fraction of sp³-hybridized carbons (Fsp3) is 0.152. The number of unbranched alkanes of at least 4 members (excludes halogenated alkanes) is 1. The van der Waals surface area contributed by atoms with Gasteiger partial charge in [0.1, 0.15) is 5.70 Å². The number of esters is 1. The zero-order valence-corrected chi connectivity index (χ0v) is 25.1. The van der Waals surface area contributed by atoms with Crippen LogP contribution in [0.2, 0.25) is 0 Å². The lowest BCUT2D eigenvalue weighted by atomic mass is 10.2. The van der Waals surface area contributed by atoms with Gasteiger partial charge < -0.3 is 20.7 Å². The summed E-state index contributed by atoms with van der Waals surface area (Å²) in [6.45, 7) is 2.41. The van der Waals surface area contributed by atoms with Crippen LogP contribution >= 0.6 is 23.1 Å². The molecule has 220 valence electrons. The summed E-state index contributed by atoms with van der Waals surface area (Å²) < 4.78 is 5.20. The Morgan fingerprint density at radius 3 is 2.19 bits per heavy atom. The molecule has 0 aliphatic heterocycles. The van der Waals surface area contributed by atoms with E-state index in [-0.39, 0.29) is 29.2 Å². The smallest absolute Gasteiger partial charge is 0.338 e. The highest BCUT2D eigenvalue weighted by atomic mass is 32.2. The Labute approximate surface area is 258 Å². The molecule has 1 aromatic heterocycles. The van der Waals surface area contributed by atoms with E-state index in [4.69, 9.17) is 4.74 Å². The van der Waals surface area contributed by atoms with E-state index in [1.807, 2.05) is 30.5 Å². The first kappa shape index (κ1) is 31.3. The van der Waals surface area contributed by atoms with Gasteiger partial charge in [-0.2, -0.15) is 0 Å². The molecule has 10 heteroatoms. The molecule has 3 N–H and O–H groups in total. The van der Waals surface area contributed by atoms with Crippen molar-refractivity contribution in [1.82, 2.24) is 5.32 Å². The average molecular weight is 614 g/mol. The van der Waals surface area contributed by atoms with Crippen molar-refractivity contribution in [3.05, 3.63) is 118 Å². The number of rotatable bonds is 13. The largest absolute Gasteiger partial charge is 0.462 e. The number of benzene rings is 3. The monoisotopic (exact) mass is 613 g/mol. The summed E-state index contributed by atoms with van der Waals surface area (Å²) in [6.07, 6.45) is 3.40. The van der Waals surface area contributed by atoms with E-state index in [0.717, 1.165) is 22.6 Å². The normalized spacial score (nSPS) is 11.0. The van der Waals surface area contributed by atoms with Crippen molar-refractivity contribution >= 4 is 64.2 Å². The fourth-order valence-electron chi connectivity index (χ4n) is 3.72. The van der Waals surface area contributed by atoms with E-state index < -0.39 is 5.91 Å². The molecule has 0 atom stereocenters. The number of carbonyl (C=O) groups excluding carboxylic acids is 4. The molecule has 4 aromatic rings. The lowest BCUT2D eigenvalue weighted by Gasteiger charge is -2.11. The molecule has 0 spiro atoms. The Morgan fingerprint density at radius 1 is 0.814 bits per heavy atom. The number of amides is 3. The Kier molecular flexibility index (Phi) is 11.7. The van der Waals surface area contributed by atoms with Crippen LogP contribution in [-0.4, -0.2) is 36.1 Å². The average Bonchev–Trinajstić information content (AvgIpc) is 3.54. The number of hydrogen-bond donors (Lipinski definition) is 3. The Bertz CT molecular complexity index is 1550. The molecule has 3 amide bonds. The molecular formula is C33H31N3O5S2. The van der Waals surface area contributed by atoms with Crippen molar-refractivity contribution in [3.63, 3.8) is 0 Å².